The van der Waals surface area contributed by atoms with Crippen LogP contribution in [0.25, 0.3) is 0 Å². The molecule has 0 aliphatic carbocycles. The molecular weight excluding hydrogens is 184 g/mol. The van der Waals surface area contributed by atoms with E-state index in [0.29, 0.717) is 0 Å². The highest BCUT2D eigenvalue weighted by Crippen LogP contribution is 2.10. The van der Waals surface area contributed by atoms with E-state index in [1.807, 2.05) is 6.92 Å². The van der Waals surface area contributed by atoms with Gasteiger partial charge in [-0.1, -0.05) is 6.92 Å². The van der Waals surface area contributed by atoms with Crippen LogP contribution in [0.3, 0.4) is 0 Å². The van der Waals surface area contributed by atoms with Crippen molar-refractivity contribution in [2.24, 2.45) is 0 Å². The maximum atomic E-state index is 3.61. The summed E-state index contributed by atoms with van der Waals surface area (Å²) in [5, 5.41) is 3.61. The molecule has 2 heteroatoms. The van der Waals surface area contributed by atoms with Gasteiger partial charge < -0.3 is 10.2 Å². The van der Waals surface area contributed by atoms with E-state index in [9.17, 15) is 0 Å². The maximum Gasteiger partial charge on any atom is 0.0214 e. The monoisotopic (exact) mass is 208 g/mol. The van der Waals surface area contributed by atoms with Crippen LogP contribution in [0.4, 0.5) is 0 Å². The third kappa shape index (κ3) is 5.20. The van der Waals surface area contributed by atoms with Crippen LogP contribution in [-0.4, -0.2) is 37.1 Å². The Bertz CT molecular complexity index is 214. The maximum absolute atomic E-state index is 3.61. The van der Waals surface area contributed by atoms with Crippen LogP contribution in [0, 0.1) is 11.8 Å². The lowest BCUT2D eigenvalue weighted by Crippen LogP contribution is -2.31. The number of hydrogen-bond donors (Lipinski definition) is 1. The quantitative estimate of drug-likeness (QED) is 0.560. The summed E-state index contributed by atoms with van der Waals surface area (Å²) in [6.07, 6.45) is 4.96. The molecule has 0 amide bonds. The van der Waals surface area contributed by atoms with Crippen molar-refractivity contribution in [2.75, 3.05) is 26.2 Å². The fourth-order valence-electron chi connectivity index (χ4n) is 2.14. The van der Waals surface area contributed by atoms with Crippen molar-refractivity contribution in [3.63, 3.8) is 0 Å². The molecule has 0 aromatic carbocycles. The van der Waals surface area contributed by atoms with E-state index in [4.69, 9.17) is 0 Å². The van der Waals surface area contributed by atoms with E-state index in [0.717, 1.165) is 19.0 Å². The Kier molecular flexibility index (Phi) is 6.47. The van der Waals surface area contributed by atoms with Crippen molar-refractivity contribution < 1.29 is 0 Å². The molecule has 1 fully saturated rings. The average Bonchev–Trinajstić information content (AvgIpc) is 2.49. The van der Waals surface area contributed by atoms with Gasteiger partial charge in [0.05, 0.1) is 0 Å². The molecular formula is C13H24N2. The third-order valence-corrected chi connectivity index (χ3v) is 3.13. The van der Waals surface area contributed by atoms with Gasteiger partial charge in [0, 0.05) is 19.0 Å². The largest absolute Gasteiger partial charge is 0.313 e. The molecule has 2 nitrogen and oxygen atoms in total. The van der Waals surface area contributed by atoms with E-state index < -0.39 is 0 Å². The minimum absolute atomic E-state index is 0.722. The number of rotatable bonds is 4. The second-order valence-electron chi connectivity index (χ2n) is 4.19. The first kappa shape index (κ1) is 12.5. The van der Waals surface area contributed by atoms with E-state index in [2.05, 4.69) is 29.0 Å². The summed E-state index contributed by atoms with van der Waals surface area (Å²) in [5.41, 5.74) is 0. The molecule has 1 N–H and O–H groups in total. The number of nitrogens with one attached hydrogen (secondary N) is 1. The molecule has 1 unspecified atom stereocenters. The predicted octanol–water partition coefficient (Wildman–Crippen LogP) is 1.86. The number of nitrogens with zero attached hydrogens (tertiary/aromatic N) is 1. The third-order valence-electron chi connectivity index (χ3n) is 3.13. The minimum atomic E-state index is 0.722. The Morgan fingerprint density at radius 3 is 2.93 bits per heavy atom. The Labute approximate surface area is 94.4 Å². The van der Waals surface area contributed by atoms with Gasteiger partial charge in [-0.15, -0.1) is 11.8 Å². The van der Waals surface area contributed by atoms with Gasteiger partial charge in [-0.3, -0.25) is 0 Å². The Hall–Kier alpha value is -0.520. The lowest BCUT2D eigenvalue weighted by Gasteiger charge is -2.18. The van der Waals surface area contributed by atoms with Gasteiger partial charge >= 0.3 is 0 Å². The first-order valence-electron chi connectivity index (χ1n) is 6.22. The molecule has 1 aliphatic rings. The highest BCUT2D eigenvalue weighted by Gasteiger charge is 2.14. The molecule has 0 spiro atoms. The molecule has 0 bridgehead atoms. The predicted molar refractivity (Wildman–Crippen MR) is 65.8 cm³/mol. The van der Waals surface area contributed by atoms with Crippen LogP contribution in [0.2, 0.25) is 0 Å². The zero-order valence-electron chi connectivity index (χ0n) is 10.2. The van der Waals surface area contributed by atoms with E-state index in [1.165, 1.54) is 38.9 Å². The molecule has 15 heavy (non-hydrogen) atoms. The molecule has 1 heterocycles. The summed E-state index contributed by atoms with van der Waals surface area (Å²) < 4.78 is 0. The van der Waals surface area contributed by atoms with Gasteiger partial charge in [-0.25, -0.2) is 0 Å². The van der Waals surface area contributed by atoms with E-state index >= 15 is 0 Å². The van der Waals surface area contributed by atoms with Crippen molar-refractivity contribution in [1.82, 2.24) is 10.2 Å². The first-order chi connectivity index (χ1) is 7.36. The van der Waals surface area contributed by atoms with Crippen LogP contribution in [-0.2, 0) is 0 Å². The average molecular weight is 208 g/mol. The van der Waals surface area contributed by atoms with Gasteiger partial charge in [-0.2, -0.15) is 0 Å². The Morgan fingerprint density at radius 2 is 2.20 bits per heavy atom. The van der Waals surface area contributed by atoms with Crippen LogP contribution in [0.5, 0.6) is 0 Å². The lowest BCUT2D eigenvalue weighted by molar-refractivity contribution is 0.297. The molecule has 0 aromatic heterocycles. The molecule has 0 radical (unpaired) electrons. The highest BCUT2D eigenvalue weighted by atomic mass is 15.1. The number of likely N-dealkylation sites (tertiary alicyclic amines) is 1. The highest BCUT2D eigenvalue weighted by molar-refractivity contribution is 4.95. The molecule has 1 atom stereocenters. The van der Waals surface area contributed by atoms with Gasteiger partial charge in [0.2, 0.25) is 0 Å². The van der Waals surface area contributed by atoms with Crippen molar-refractivity contribution in [1.29, 1.82) is 0 Å². The summed E-state index contributed by atoms with van der Waals surface area (Å²) in [5.74, 6) is 6.04. The van der Waals surface area contributed by atoms with Crippen molar-refractivity contribution in [3.05, 3.63) is 0 Å². The molecule has 1 aliphatic heterocycles. The van der Waals surface area contributed by atoms with Gasteiger partial charge in [-0.05, 0) is 45.8 Å². The molecule has 0 saturated carbocycles. The Morgan fingerprint density at radius 1 is 1.33 bits per heavy atom. The van der Waals surface area contributed by atoms with E-state index in [1.54, 1.807) is 0 Å². The van der Waals surface area contributed by atoms with Crippen LogP contribution in [0.15, 0.2) is 0 Å². The summed E-state index contributed by atoms with van der Waals surface area (Å²) in [6, 6.07) is 0.722. The Balaban J connectivity index is 2.15. The van der Waals surface area contributed by atoms with Gasteiger partial charge in [0.1, 0.15) is 0 Å². The smallest absolute Gasteiger partial charge is 0.0214 e. The van der Waals surface area contributed by atoms with Crippen molar-refractivity contribution in [3.8, 4) is 11.8 Å². The first-order valence-corrected chi connectivity index (χ1v) is 6.22. The zero-order chi connectivity index (χ0) is 10.9. The topological polar surface area (TPSA) is 15.3 Å². The standard InChI is InChI=1S/C13H24N2/c1-3-5-6-10-14-13-8-7-11-15(4-2)12-9-13/h13-14H,4,6-12H2,1-2H3. The normalized spacial score (nSPS) is 22.9. The SMILES string of the molecule is CC#CCCNC1CCCN(CC)CC1. The molecule has 0 aromatic rings. The van der Waals surface area contributed by atoms with Gasteiger partial charge in [0.25, 0.3) is 0 Å². The summed E-state index contributed by atoms with van der Waals surface area (Å²) in [4.78, 5) is 2.55. The molecule has 1 saturated heterocycles. The van der Waals surface area contributed by atoms with Crippen molar-refractivity contribution >= 4 is 0 Å². The fraction of sp³-hybridized carbons (Fsp3) is 0.846. The zero-order valence-corrected chi connectivity index (χ0v) is 10.2. The second kappa shape index (κ2) is 7.73. The van der Waals surface area contributed by atoms with Crippen LogP contribution >= 0.6 is 0 Å². The summed E-state index contributed by atoms with van der Waals surface area (Å²) in [7, 11) is 0. The number of hydrogen-bond acceptors (Lipinski definition) is 2. The second-order valence-corrected chi connectivity index (χ2v) is 4.19. The lowest BCUT2D eigenvalue weighted by atomic mass is 10.1. The fourth-order valence-corrected chi connectivity index (χ4v) is 2.14. The molecule has 86 valence electrons. The van der Waals surface area contributed by atoms with E-state index in [-0.39, 0.29) is 0 Å². The minimum Gasteiger partial charge on any atom is -0.313 e. The van der Waals surface area contributed by atoms with Gasteiger partial charge in [0.15, 0.2) is 0 Å². The van der Waals surface area contributed by atoms with Crippen LogP contribution in [0.1, 0.15) is 39.5 Å². The van der Waals surface area contributed by atoms with Crippen molar-refractivity contribution in [2.45, 2.75) is 45.6 Å². The summed E-state index contributed by atoms with van der Waals surface area (Å²) >= 11 is 0. The molecule has 1 rings (SSSR count). The van der Waals surface area contributed by atoms with Crippen LogP contribution < -0.4 is 5.32 Å². The summed E-state index contributed by atoms with van der Waals surface area (Å²) in [6.45, 7) is 8.96.